The molecule has 0 radical (unpaired) electrons. The lowest BCUT2D eigenvalue weighted by atomic mass is 9.99. The third kappa shape index (κ3) is 2.79. The topological polar surface area (TPSA) is 26.3 Å². The molecule has 0 fully saturated rings. The van der Waals surface area contributed by atoms with Gasteiger partial charge in [0.2, 0.25) is 0 Å². The summed E-state index contributed by atoms with van der Waals surface area (Å²) >= 11 is 12.0. The van der Waals surface area contributed by atoms with Crippen LogP contribution in [0.25, 0.3) is 11.1 Å². The van der Waals surface area contributed by atoms with Crippen molar-refractivity contribution >= 4 is 29.2 Å². The summed E-state index contributed by atoms with van der Waals surface area (Å²) in [4.78, 5) is 11.9. The molecule has 0 saturated heterocycles. The average molecular weight is 313 g/mol. The minimum Gasteiger partial charge on any atom is -0.462 e. The smallest absolute Gasteiger partial charge is 0.338 e. The minimum atomic E-state index is -0.599. The lowest BCUT2D eigenvalue weighted by Crippen LogP contribution is -2.07. The molecule has 0 unspecified atom stereocenters. The van der Waals surface area contributed by atoms with Gasteiger partial charge in [-0.3, -0.25) is 0 Å². The second kappa shape index (κ2) is 6.25. The molecule has 2 rings (SSSR count). The zero-order valence-electron chi connectivity index (χ0n) is 10.6. The third-order valence-corrected chi connectivity index (χ3v) is 3.55. The van der Waals surface area contributed by atoms with Crippen LogP contribution in [0.4, 0.5) is 4.39 Å². The predicted octanol–water partition coefficient (Wildman–Crippen LogP) is 4.98. The molecule has 0 aromatic heterocycles. The van der Waals surface area contributed by atoms with Gasteiger partial charge in [-0.2, -0.15) is 0 Å². The van der Waals surface area contributed by atoms with Crippen LogP contribution in [0.15, 0.2) is 36.4 Å². The van der Waals surface area contributed by atoms with E-state index >= 15 is 0 Å². The molecule has 0 aliphatic carbocycles. The molecule has 2 aromatic rings. The first-order chi connectivity index (χ1) is 9.56. The maximum atomic E-state index is 14.1. The minimum absolute atomic E-state index is 0.0958. The van der Waals surface area contributed by atoms with Crippen molar-refractivity contribution in [2.75, 3.05) is 6.61 Å². The van der Waals surface area contributed by atoms with Crippen molar-refractivity contribution in [3.8, 4) is 11.1 Å². The van der Waals surface area contributed by atoms with E-state index < -0.39 is 11.8 Å². The van der Waals surface area contributed by atoms with Gasteiger partial charge in [0.25, 0.3) is 0 Å². The van der Waals surface area contributed by atoms with Gasteiger partial charge in [0.1, 0.15) is 5.82 Å². The SMILES string of the molecule is CCOC(=O)c1cccc(F)c1-c1cccc(Cl)c1Cl. The molecular weight excluding hydrogens is 302 g/mol. The number of halogens is 3. The fraction of sp³-hybridized carbons (Fsp3) is 0.133. The molecule has 0 bridgehead atoms. The highest BCUT2D eigenvalue weighted by atomic mass is 35.5. The molecule has 0 aliphatic rings. The third-order valence-electron chi connectivity index (χ3n) is 2.73. The maximum Gasteiger partial charge on any atom is 0.338 e. The Balaban J connectivity index is 2.67. The molecule has 5 heteroatoms. The van der Waals surface area contributed by atoms with Gasteiger partial charge in [-0.1, -0.05) is 41.4 Å². The maximum absolute atomic E-state index is 14.1. The van der Waals surface area contributed by atoms with Crippen molar-refractivity contribution in [1.82, 2.24) is 0 Å². The van der Waals surface area contributed by atoms with Gasteiger partial charge >= 0.3 is 5.97 Å². The Hall–Kier alpha value is -1.58. The fourth-order valence-corrected chi connectivity index (χ4v) is 2.27. The summed E-state index contributed by atoms with van der Waals surface area (Å²) in [6.07, 6.45) is 0. The van der Waals surface area contributed by atoms with Crippen molar-refractivity contribution in [3.05, 3.63) is 57.8 Å². The molecular formula is C15H11Cl2FO2. The first-order valence-corrected chi connectivity index (χ1v) is 6.71. The molecule has 0 saturated carbocycles. The van der Waals surface area contributed by atoms with Crippen LogP contribution >= 0.6 is 23.2 Å². The lowest BCUT2D eigenvalue weighted by Gasteiger charge is -2.12. The second-order valence-electron chi connectivity index (χ2n) is 3.98. The van der Waals surface area contributed by atoms with E-state index in [9.17, 15) is 9.18 Å². The number of carbonyl (C=O) groups is 1. The number of esters is 1. The summed E-state index contributed by atoms with van der Waals surface area (Å²) in [5, 5.41) is 0.493. The largest absolute Gasteiger partial charge is 0.462 e. The highest BCUT2D eigenvalue weighted by Gasteiger charge is 2.20. The molecule has 0 atom stereocenters. The Morgan fingerprint density at radius 1 is 1.20 bits per heavy atom. The van der Waals surface area contributed by atoms with Gasteiger partial charge in [0, 0.05) is 11.1 Å². The normalized spacial score (nSPS) is 10.4. The molecule has 0 aliphatic heterocycles. The van der Waals surface area contributed by atoms with Crippen molar-refractivity contribution in [3.63, 3.8) is 0 Å². The van der Waals surface area contributed by atoms with Crippen molar-refractivity contribution < 1.29 is 13.9 Å². The Labute approximate surface area is 126 Å². The van der Waals surface area contributed by atoms with E-state index in [1.807, 2.05) is 0 Å². The van der Waals surface area contributed by atoms with Crippen molar-refractivity contribution in [2.45, 2.75) is 6.92 Å². The van der Waals surface area contributed by atoms with Gasteiger partial charge in [-0.15, -0.1) is 0 Å². The average Bonchev–Trinajstić information content (AvgIpc) is 2.42. The Morgan fingerprint density at radius 2 is 1.90 bits per heavy atom. The molecule has 0 N–H and O–H groups in total. The van der Waals surface area contributed by atoms with E-state index in [0.717, 1.165) is 0 Å². The summed E-state index contributed by atoms with van der Waals surface area (Å²) in [7, 11) is 0. The van der Waals surface area contributed by atoms with E-state index in [4.69, 9.17) is 27.9 Å². The van der Waals surface area contributed by atoms with Crippen molar-refractivity contribution in [2.24, 2.45) is 0 Å². The number of hydrogen-bond acceptors (Lipinski definition) is 2. The van der Waals surface area contributed by atoms with Crippen LogP contribution in [-0.4, -0.2) is 12.6 Å². The van der Waals surface area contributed by atoms with Crippen LogP contribution in [-0.2, 0) is 4.74 Å². The van der Waals surface area contributed by atoms with Gasteiger partial charge in [0.15, 0.2) is 0 Å². The molecule has 0 amide bonds. The monoisotopic (exact) mass is 312 g/mol. The molecule has 0 heterocycles. The van der Waals surface area contributed by atoms with Gasteiger partial charge < -0.3 is 4.74 Å². The van der Waals surface area contributed by atoms with Gasteiger partial charge in [-0.25, -0.2) is 9.18 Å². The first kappa shape index (κ1) is 14.8. The fourth-order valence-electron chi connectivity index (χ4n) is 1.87. The quantitative estimate of drug-likeness (QED) is 0.747. The van der Waals surface area contributed by atoms with Crippen LogP contribution < -0.4 is 0 Å². The zero-order chi connectivity index (χ0) is 14.7. The van der Waals surface area contributed by atoms with Gasteiger partial charge in [-0.05, 0) is 25.1 Å². The van der Waals surface area contributed by atoms with E-state index in [-0.39, 0.29) is 22.8 Å². The van der Waals surface area contributed by atoms with E-state index in [1.165, 1.54) is 18.2 Å². The lowest BCUT2D eigenvalue weighted by molar-refractivity contribution is 0.0527. The number of benzene rings is 2. The summed E-state index contributed by atoms with van der Waals surface area (Å²) < 4.78 is 19.1. The first-order valence-electron chi connectivity index (χ1n) is 5.96. The van der Waals surface area contributed by atoms with Crippen LogP contribution in [0.3, 0.4) is 0 Å². The molecule has 0 spiro atoms. The standard InChI is InChI=1S/C15H11Cl2FO2/c1-2-20-15(19)10-6-4-8-12(18)13(10)9-5-3-7-11(16)14(9)17/h3-8H,2H2,1H3. The Morgan fingerprint density at radius 3 is 2.60 bits per heavy atom. The van der Waals surface area contributed by atoms with Crippen LogP contribution in [0.1, 0.15) is 17.3 Å². The summed E-state index contributed by atoms with van der Waals surface area (Å²) in [5.41, 5.74) is 0.579. The summed E-state index contributed by atoms with van der Waals surface area (Å²) in [6, 6.07) is 9.05. The van der Waals surface area contributed by atoms with Crippen LogP contribution in [0.5, 0.6) is 0 Å². The highest BCUT2D eigenvalue weighted by Crippen LogP contribution is 2.36. The van der Waals surface area contributed by atoms with E-state index in [0.29, 0.717) is 10.6 Å². The van der Waals surface area contributed by atoms with E-state index in [1.54, 1.807) is 25.1 Å². The van der Waals surface area contributed by atoms with Crippen LogP contribution in [0, 0.1) is 5.82 Å². The second-order valence-corrected chi connectivity index (χ2v) is 4.77. The number of hydrogen-bond donors (Lipinski definition) is 0. The molecule has 104 valence electrons. The van der Waals surface area contributed by atoms with Gasteiger partial charge in [0.05, 0.1) is 22.2 Å². The number of rotatable bonds is 3. The number of carbonyl (C=O) groups excluding carboxylic acids is 1. The Bertz CT molecular complexity index is 656. The summed E-state index contributed by atoms with van der Waals surface area (Å²) in [6.45, 7) is 1.89. The molecule has 2 nitrogen and oxygen atoms in total. The zero-order valence-corrected chi connectivity index (χ0v) is 12.1. The predicted molar refractivity (Wildman–Crippen MR) is 77.8 cm³/mol. The Kier molecular flexibility index (Phi) is 4.63. The summed E-state index contributed by atoms with van der Waals surface area (Å²) in [5.74, 6) is -1.15. The molecule has 2 aromatic carbocycles. The van der Waals surface area contributed by atoms with Crippen molar-refractivity contribution in [1.29, 1.82) is 0 Å². The van der Waals surface area contributed by atoms with Crippen LogP contribution in [0.2, 0.25) is 10.0 Å². The molecule has 20 heavy (non-hydrogen) atoms. The highest BCUT2D eigenvalue weighted by molar-refractivity contribution is 6.43. The number of ether oxygens (including phenoxy) is 1. The van der Waals surface area contributed by atoms with E-state index in [2.05, 4.69) is 0 Å².